The van der Waals surface area contributed by atoms with Gasteiger partial charge in [0.1, 0.15) is 5.82 Å². The zero-order valence-electron chi connectivity index (χ0n) is 8.30. The van der Waals surface area contributed by atoms with Crippen molar-refractivity contribution in [2.75, 3.05) is 19.7 Å². The van der Waals surface area contributed by atoms with Gasteiger partial charge in [0, 0.05) is 17.6 Å². The van der Waals surface area contributed by atoms with Crippen LogP contribution < -0.4 is 5.32 Å². The van der Waals surface area contributed by atoms with Crippen LogP contribution in [0.25, 0.3) is 0 Å². The molecule has 2 rings (SSSR count). The van der Waals surface area contributed by atoms with Crippen molar-refractivity contribution in [2.24, 2.45) is 0 Å². The van der Waals surface area contributed by atoms with Crippen LogP contribution in [0.5, 0.6) is 0 Å². The minimum atomic E-state index is -0.229. The average molecular weight is 274 g/mol. The van der Waals surface area contributed by atoms with Gasteiger partial charge < -0.3 is 10.1 Å². The summed E-state index contributed by atoms with van der Waals surface area (Å²) in [5.41, 5.74) is 1.01. The Hall–Kier alpha value is -0.450. The zero-order chi connectivity index (χ0) is 10.7. The molecule has 1 atom stereocenters. The van der Waals surface area contributed by atoms with Crippen LogP contribution in [-0.4, -0.2) is 19.7 Å². The molecule has 1 heterocycles. The summed E-state index contributed by atoms with van der Waals surface area (Å²) < 4.78 is 19.4. The van der Waals surface area contributed by atoms with E-state index < -0.39 is 0 Å². The summed E-state index contributed by atoms with van der Waals surface area (Å²) in [6, 6.07) is 4.72. The molecule has 0 bridgehead atoms. The van der Waals surface area contributed by atoms with E-state index in [-0.39, 0.29) is 11.9 Å². The maximum Gasteiger partial charge on any atom is 0.124 e. The van der Waals surface area contributed by atoms with Gasteiger partial charge in [-0.3, -0.25) is 0 Å². The van der Waals surface area contributed by atoms with Gasteiger partial charge in [-0.25, -0.2) is 4.39 Å². The lowest BCUT2D eigenvalue weighted by atomic mass is 10.1. The first-order chi connectivity index (χ1) is 7.27. The van der Waals surface area contributed by atoms with E-state index >= 15 is 0 Å². The van der Waals surface area contributed by atoms with E-state index in [1.54, 1.807) is 6.07 Å². The van der Waals surface area contributed by atoms with Crippen molar-refractivity contribution in [1.82, 2.24) is 5.32 Å². The summed E-state index contributed by atoms with van der Waals surface area (Å²) in [4.78, 5) is 0. The van der Waals surface area contributed by atoms with Crippen LogP contribution in [0.2, 0.25) is 0 Å². The normalized spacial score (nSPS) is 22.4. The Morgan fingerprint density at radius 2 is 2.33 bits per heavy atom. The molecule has 0 spiro atoms. The van der Waals surface area contributed by atoms with E-state index in [4.69, 9.17) is 4.74 Å². The van der Waals surface area contributed by atoms with Crippen LogP contribution in [-0.2, 0) is 4.74 Å². The number of rotatable bonds is 1. The van der Waals surface area contributed by atoms with Gasteiger partial charge in [0.25, 0.3) is 0 Å². The third-order valence-electron chi connectivity index (χ3n) is 2.46. The average Bonchev–Trinajstić information content (AvgIpc) is 2.46. The summed E-state index contributed by atoms with van der Waals surface area (Å²) in [5.74, 6) is -0.229. The molecule has 2 nitrogen and oxygen atoms in total. The summed E-state index contributed by atoms with van der Waals surface area (Å²) in [6.07, 6.45) is 1.04. The third kappa shape index (κ3) is 2.77. The predicted octanol–water partition coefficient (Wildman–Crippen LogP) is 2.64. The molecule has 1 aromatic rings. The molecule has 1 saturated heterocycles. The monoisotopic (exact) mass is 273 g/mol. The predicted molar refractivity (Wildman–Crippen MR) is 60.3 cm³/mol. The molecule has 4 heteroatoms. The molecular weight excluding hydrogens is 261 g/mol. The minimum Gasteiger partial charge on any atom is -0.372 e. The summed E-state index contributed by atoms with van der Waals surface area (Å²) >= 11 is 3.36. The maximum atomic E-state index is 12.9. The quantitative estimate of drug-likeness (QED) is 0.850. The highest BCUT2D eigenvalue weighted by molar-refractivity contribution is 9.10. The summed E-state index contributed by atoms with van der Waals surface area (Å²) in [6.45, 7) is 2.51. The topological polar surface area (TPSA) is 21.3 Å². The molecule has 1 N–H and O–H groups in total. The van der Waals surface area contributed by atoms with Gasteiger partial charge in [-0.15, -0.1) is 0 Å². The molecule has 15 heavy (non-hydrogen) atoms. The van der Waals surface area contributed by atoms with Gasteiger partial charge in [0.2, 0.25) is 0 Å². The van der Waals surface area contributed by atoms with Crippen molar-refractivity contribution in [1.29, 1.82) is 0 Å². The molecule has 1 aromatic carbocycles. The van der Waals surface area contributed by atoms with Crippen molar-refractivity contribution in [3.63, 3.8) is 0 Å². The van der Waals surface area contributed by atoms with Gasteiger partial charge >= 0.3 is 0 Å². The second kappa shape index (κ2) is 5.05. The Kier molecular flexibility index (Phi) is 3.72. The van der Waals surface area contributed by atoms with Crippen molar-refractivity contribution in [3.8, 4) is 0 Å². The first kappa shape index (κ1) is 11.0. The molecule has 0 aromatic heterocycles. The van der Waals surface area contributed by atoms with E-state index in [1.807, 2.05) is 0 Å². The van der Waals surface area contributed by atoms with E-state index in [0.29, 0.717) is 0 Å². The second-order valence-corrected chi connectivity index (χ2v) is 4.44. The molecular formula is C11H13BrFNO. The first-order valence-electron chi connectivity index (χ1n) is 5.04. The van der Waals surface area contributed by atoms with Gasteiger partial charge in [0.15, 0.2) is 0 Å². The van der Waals surface area contributed by atoms with Gasteiger partial charge in [-0.1, -0.05) is 22.0 Å². The van der Waals surface area contributed by atoms with E-state index in [2.05, 4.69) is 21.2 Å². The van der Waals surface area contributed by atoms with Crippen molar-refractivity contribution in [3.05, 3.63) is 34.1 Å². The zero-order valence-corrected chi connectivity index (χ0v) is 9.89. The lowest BCUT2D eigenvalue weighted by Gasteiger charge is -2.16. The summed E-state index contributed by atoms with van der Waals surface area (Å²) in [5, 5.41) is 3.30. The van der Waals surface area contributed by atoms with Crippen LogP contribution in [0, 0.1) is 5.82 Å². The van der Waals surface area contributed by atoms with Gasteiger partial charge in [-0.05, 0) is 30.7 Å². The van der Waals surface area contributed by atoms with Crippen molar-refractivity contribution < 1.29 is 9.13 Å². The summed E-state index contributed by atoms with van der Waals surface area (Å²) in [7, 11) is 0. The molecule has 1 unspecified atom stereocenters. The number of ether oxygens (including phenoxy) is 1. The molecule has 0 saturated carbocycles. The number of hydrogen-bond acceptors (Lipinski definition) is 2. The largest absolute Gasteiger partial charge is 0.372 e. The Morgan fingerprint density at radius 1 is 1.47 bits per heavy atom. The van der Waals surface area contributed by atoms with Crippen molar-refractivity contribution >= 4 is 15.9 Å². The molecule has 1 aliphatic rings. The fraction of sp³-hybridized carbons (Fsp3) is 0.455. The third-order valence-corrected chi connectivity index (χ3v) is 3.14. The number of hydrogen-bond donors (Lipinski definition) is 1. The van der Waals surface area contributed by atoms with E-state index in [0.717, 1.165) is 36.2 Å². The molecule has 0 radical (unpaired) electrons. The molecule has 0 amide bonds. The Labute approximate surface area is 96.9 Å². The molecule has 1 aliphatic heterocycles. The second-order valence-electron chi connectivity index (χ2n) is 3.58. The van der Waals surface area contributed by atoms with Crippen molar-refractivity contribution in [2.45, 2.75) is 12.5 Å². The number of nitrogens with one attached hydrogen (secondary N) is 1. The Balaban J connectivity index is 2.19. The standard InChI is InChI=1S/C11H13BrFNO/c12-10-6-8(13)2-3-9(10)11-7-14-4-1-5-15-11/h2-3,6,11,14H,1,4-5,7H2. The van der Waals surface area contributed by atoms with Gasteiger partial charge in [0.05, 0.1) is 6.10 Å². The van der Waals surface area contributed by atoms with Gasteiger partial charge in [-0.2, -0.15) is 0 Å². The van der Waals surface area contributed by atoms with E-state index in [1.165, 1.54) is 12.1 Å². The molecule has 1 fully saturated rings. The number of benzene rings is 1. The van der Waals surface area contributed by atoms with E-state index in [9.17, 15) is 4.39 Å². The molecule has 82 valence electrons. The van der Waals surface area contributed by atoms with Crippen LogP contribution >= 0.6 is 15.9 Å². The Bertz CT molecular complexity index is 337. The minimum absolute atomic E-state index is 0.0162. The van der Waals surface area contributed by atoms with Crippen LogP contribution in [0.15, 0.2) is 22.7 Å². The first-order valence-corrected chi connectivity index (χ1v) is 5.84. The van der Waals surface area contributed by atoms with Crippen LogP contribution in [0.1, 0.15) is 18.1 Å². The fourth-order valence-corrected chi connectivity index (χ4v) is 2.28. The highest BCUT2D eigenvalue weighted by atomic mass is 79.9. The smallest absolute Gasteiger partial charge is 0.124 e. The van der Waals surface area contributed by atoms with Crippen LogP contribution in [0.3, 0.4) is 0 Å². The number of halogens is 2. The lowest BCUT2D eigenvalue weighted by Crippen LogP contribution is -2.20. The highest BCUT2D eigenvalue weighted by Crippen LogP contribution is 2.27. The maximum absolute atomic E-state index is 12.9. The van der Waals surface area contributed by atoms with Crippen LogP contribution in [0.4, 0.5) is 4.39 Å². The Morgan fingerprint density at radius 3 is 3.13 bits per heavy atom. The molecule has 0 aliphatic carbocycles. The lowest BCUT2D eigenvalue weighted by molar-refractivity contribution is 0.0664. The SMILES string of the molecule is Fc1ccc(C2CNCCCO2)c(Br)c1. The fourth-order valence-electron chi connectivity index (χ4n) is 1.68. The highest BCUT2D eigenvalue weighted by Gasteiger charge is 2.17.